The van der Waals surface area contributed by atoms with E-state index in [0.29, 0.717) is 16.6 Å². The first-order valence-corrected chi connectivity index (χ1v) is 13.4. The summed E-state index contributed by atoms with van der Waals surface area (Å²) in [5, 5.41) is 1.30. The summed E-state index contributed by atoms with van der Waals surface area (Å²) in [4.78, 5) is 0. The number of rotatable bonds is 5. The lowest BCUT2D eigenvalue weighted by Crippen LogP contribution is -2.58. The number of hydrogen-bond donors (Lipinski definition) is 0. The van der Waals surface area contributed by atoms with Gasteiger partial charge in [-0.1, -0.05) is 53.2 Å². The standard InChI is InChI=1S/C24H40BNO2Si/c1-16(2)29(17(3)4,18(5)6)26-21-13-12-19(7)14-20(21)15-22(26)25-27-23(8,9)24(10,11)28-25/h12-18H,1-11H3. The molecule has 0 unspecified atom stereocenters. The van der Waals surface area contributed by atoms with Crippen LogP contribution in [0, 0.1) is 6.92 Å². The molecular formula is C24H40BNO2Si. The monoisotopic (exact) mass is 413 g/mol. The van der Waals surface area contributed by atoms with Crippen molar-refractivity contribution in [3.8, 4) is 0 Å². The van der Waals surface area contributed by atoms with Gasteiger partial charge in [0.05, 0.1) is 11.2 Å². The molecule has 1 aromatic carbocycles. The Morgan fingerprint density at radius 3 is 1.76 bits per heavy atom. The summed E-state index contributed by atoms with van der Waals surface area (Å²) in [5.41, 5.74) is 4.94. The average molecular weight is 413 g/mol. The fourth-order valence-corrected chi connectivity index (χ4v) is 12.5. The van der Waals surface area contributed by atoms with Crippen molar-refractivity contribution in [2.45, 2.75) is 104 Å². The highest BCUT2D eigenvalue weighted by atomic mass is 28.3. The van der Waals surface area contributed by atoms with Gasteiger partial charge < -0.3 is 13.5 Å². The van der Waals surface area contributed by atoms with Crippen molar-refractivity contribution in [1.29, 1.82) is 0 Å². The maximum Gasteiger partial charge on any atom is 0.511 e. The van der Waals surface area contributed by atoms with Crippen LogP contribution in [0.4, 0.5) is 0 Å². The second-order valence-electron chi connectivity index (χ2n) is 10.9. The SMILES string of the molecule is Cc1ccc2c(c1)cc(B1OC(C)(C)C(C)(C)O1)n2[Si](C(C)C)(C(C)C)C(C)C. The van der Waals surface area contributed by atoms with Crippen molar-refractivity contribution in [1.82, 2.24) is 4.23 Å². The Kier molecular flexibility index (Phi) is 5.68. The summed E-state index contributed by atoms with van der Waals surface area (Å²) in [7, 11) is -2.32. The summed E-state index contributed by atoms with van der Waals surface area (Å²) < 4.78 is 15.8. The summed E-state index contributed by atoms with van der Waals surface area (Å²) in [6.07, 6.45) is 0. The van der Waals surface area contributed by atoms with E-state index in [1.165, 1.54) is 22.1 Å². The molecule has 1 saturated heterocycles. The van der Waals surface area contributed by atoms with E-state index in [1.54, 1.807) is 0 Å². The zero-order valence-electron chi connectivity index (χ0n) is 20.4. The first-order chi connectivity index (χ1) is 13.3. The van der Waals surface area contributed by atoms with Crippen molar-refractivity contribution < 1.29 is 9.31 Å². The van der Waals surface area contributed by atoms with Crippen LogP contribution in [0.25, 0.3) is 10.9 Å². The molecule has 1 fully saturated rings. The number of aromatic nitrogens is 1. The minimum Gasteiger partial charge on any atom is -0.398 e. The van der Waals surface area contributed by atoms with Gasteiger partial charge in [0.1, 0.15) is 0 Å². The topological polar surface area (TPSA) is 23.4 Å². The van der Waals surface area contributed by atoms with Crippen LogP contribution >= 0.6 is 0 Å². The molecule has 0 amide bonds. The van der Waals surface area contributed by atoms with Gasteiger partial charge in [0.15, 0.2) is 8.24 Å². The van der Waals surface area contributed by atoms with Crippen LogP contribution in [0.1, 0.15) is 74.8 Å². The molecule has 1 aliphatic heterocycles. The molecule has 0 radical (unpaired) electrons. The van der Waals surface area contributed by atoms with Crippen LogP contribution in [0.3, 0.4) is 0 Å². The molecule has 0 saturated carbocycles. The van der Waals surface area contributed by atoms with Crippen LogP contribution in [-0.2, 0) is 9.31 Å². The summed E-state index contributed by atoms with van der Waals surface area (Å²) >= 11 is 0. The third kappa shape index (κ3) is 3.34. The zero-order chi connectivity index (χ0) is 21.9. The molecule has 160 valence electrons. The second-order valence-corrected chi connectivity index (χ2v) is 16.6. The van der Waals surface area contributed by atoms with E-state index in [2.05, 4.69) is 105 Å². The summed E-state index contributed by atoms with van der Waals surface area (Å²) in [5.74, 6) is 0. The van der Waals surface area contributed by atoms with E-state index in [1.807, 2.05) is 0 Å². The minimum atomic E-state index is -1.98. The lowest BCUT2D eigenvalue weighted by Gasteiger charge is -2.46. The zero-order valence-corrected chi connectivity index (χ0v) is 21.4. The molecule has 1 aliphatic rings. The predicted octanol–water partition coefficient (Wildman–Crippen LogP) is 6.27. The van der Waals surface area contributed by atoms with Crippen molar-refractivity contribution in [2.75, 3.05) is 0 Å². The van der Waals surface area contributed by atoms with E-state index in [9.17, 15) is 0 Å². The van der Waals surface area contributed by atoms with Gasteiger partial charge in [0.25, 0.3) is 0 Å². The van der Waals surface area contributed by atoms with Crippen LogP contribution in [0.5, 0.6) is 0 Å². The van der Waals surface area contributed by atoms with Crippen molar-refractivity contribution in [3.05, 3.63) is 29.8 Å². The van der Waals surface area contributed by atoms with Crippen LogP contribution in [0.15, 0.2) is 24.3 Å². The lowest BCUT2D eigenvalue weighted by molar-refractivity contribution is 0.00578. The second kappa shape index (κ2) is 7.28. The van der Waals surface area contributed by atoms with Crippen molar-refractivity contribution in [3.63, 3.8) is 0 Å². The van der Waals surface area contributed by atoms with Crippen molar-refractivity contribution in [2.24, 2.45) is 0 Å². The van der Waals surface area contributed by atoms with Crippen molar-refractivity contribution >= 4 is 31.9 Å². The molecule has 29 heavy (non-hydrogen) atoms. The Morgan fingerprint density at radius 1 is 0.828 bits per heavy atom. The summed E-state index contributed by atoms with van der Waals surface area (Å²) in [6.45, 7) is 25.2. The van der Waals surface area contributed by atoms with Crippen LogP contribution in [0.2, 0.25) is 16.6 Å². The Morgan fingerprint density at radius 2 is 1.31 bits per heavy atom. The van der Waals surface area contributed by atoms with Gasteiger partial charge in [0.2, 0.25) is 0 Å². The van der Waals surface area contributed by atoms with E-state index >= 15 is 0 Å². The number of aryl methyl sites for hydroxylation is 1. The fraction of sp³-hybridized carbons (Fsp3) is 0.667. The smallest absolute Gasteiger partial charge is 0.398 e. The molecule has 1 aromatic heterocycles. The highest BCUT2D eigenvalue weighted by Crippen LogP contribution is 2.45. The molecule has 0 aliphatic carbocycles. The third-order valence-electron chi connectivity index (χ3n) is 7.64. The largest absolute Gasteiger partial charge is 0.511 e. The molecule has 3 rings (SSSR count). The Balaban J connectivity index is 2.35. The van der Waals surface area contributed by atoms with E-state index < -0.39 is 8.24 Å². The predicted molar refractivity (Wildman–Crippen MR) is 129 cm³/mol. The Labute approximate surface area is 179 Å². The molecule has 2 heterocycles. The first-order valence-electron chi connectivity index (χ1n) is 11.2. The van der Waals surface area contributed by atoms with Gasteiger partial charge in [-0.3, -0.25) is 0 Å². The maximum atomic E-state index is 6.56. The lowest BCUT2D eigenvalue weighted by atomic mass is 9.85. The molecule has 3 nitrogen and oxygen atoms in total. The molecule has 0 atom stereocenters. The van der Waals surface area contributed by atoms with E-state index in [-0.39, 0.29) is 18.3 Å². The van der Waals surface area contributed by atoms with Gasteiger partial charge in [-0.2, -0.15) is 0 Å². The average Bonchev–Trinajstić information content (AvgIpc) is 3.01. The minimum absolute atomic E-state index is 0.337. The van der Waals surface area contributed by atoms with Gasteiger partial charge in [-0.05, 0) is 74.8 Å². The molecule has 0 N–H and O–H groups in total. The first kappa shape index (κ1) is 22.6. The molecule has 5 heteroatoms. The number of fused-ring (bicyclic) bond motifs is 1. The van der Waals surface area contributed by atoms with E-state index in [4.69, 9.17) is 9.31 Å². The van der Waals surface area contributed by atoms with Gasteiger partial charge in [-0.25, -0.2) is 0 Å². The molecule has 0 spiro atoms. The Hall–Kier alpha value is -1.04. The third-order valence-corrected chi connectivity index (χ3v) is 14.5. The quantitative estimate of drug-likeness (QED) is 0.539. The van der Waals surface area contributed by atoms with Gasteiger partial charge in [0, 0.05) is 11.1 Å². The maximum absolute atomic E-state index is 6.56. The Bertz CT molecular complexity index is 860. The van der Waals surface area contributed by atoms with E-state index in [0.717, 1.165) is 0 Å². The molecular weight excluding hydrogens is 373 g/mol. The van der Waals surface area contributed by atoms with Gasteiger partial charge in [-0.15, -0.1) is 0 Å². The number of benzene rings is 1. The highest BCUT2D eigenvalue weighted by Gasteiger charge is 2.55. The van der Waals surface area contributed by atoms with Crippen LogP contribution < -0.4 is 5.59 Å². The summed E-state index contributed by atoms with van der Waals surface area (Å²) in [6, 6.07) is 9.20. The normalized spacial score (nSPS) is 19.3. The molecule has 2 aromatic rings. The number of hydrogen-bond acceptors (Lipinski definition) is 2. The highest BCUT2D eigenvalue weighted by molar-refractivity contribution is 6.84. The van der Waals surface area contributed by atoms with Gasteiger partial charge >= 0.3 is 7.12 Å². The van der Waals surface area contributed by atoms with Crippen LogP contribution in [-0.4, -0.2) is 30.8 Å². The fourth-order valence-electron chi connectivity index (χ4n) is 5.70. The molecule has 0 bridgehead atoms. The number of nitrogens with zero attached hydrogens (tertiary/aromatic N) is 1.